The van der Waals surface area contributed by atoms with Crippen molar-refractivity contribution in [1.82, 2.24) is 4.98 Å². The van der Waals surface area contributed by atoms with Gasteiger partial charge in [0.15, 0.2) is 0 Å². The molecule has 2 aromatic carbocycles. The molecule has 2 aromatic heterocycles. The second-order valence-electron chi connectivity index (χ2n) is 10.9. The first-order valence-corrected chi connectivity index (χ1v) is 13.9. The van der Waals surface area contributed by atoms with Crippen LogP contribution in [0.15, 0.2) is 48.5 Å². The zero-order chi connectivity index (χ0) is 26.3. The van der Waals surface area contributed by atoms with Crippen LogP contribution in [0.5, 0.6) is 0 Å². The highest BCUT2D eigenvalue weighted by Gasteiger charge is 2.34. The maximum atomic E-state index is 13.9. The molecule has 2 heterocycles. The first kappa shape index (κ1) is 25.2. The van der Waals surface area contributed by atoms with E-state index in [0.29, 0.717) is 22.0 Å². The Hall–Kier alpha value is -3.49. The predicted molar refractivity (Wildman–Crippen MR) is 153 cm³/mol. The second kappa shape index (κ2) is 9.76. The molecular weight excluding hydrogens is 474 g/mol. The van der Waals surface area contributed by atoms with Crippen molar-refractivity contribution in [1.29, 1.82) is 5.26 Å². The highest BCUT2D eigenvalue weighted by atomic mass is 32.1. The van der Waals surface area contributed by atoms with Crippen LogP contribution in [0.2, 0.25) is 0 Å². The van der Waals surface area contributed by atoms with E-state index < -0.39 is 0 Å². The van der Waals surface area contributed by atoms with Gasteiger partial charge in [-0.05, 0) is 61.6 Å². The molecule has 5 rings (SSSR count). The quantitative estimate of drug-likeness (QED) is 0.296. The smallest absolute Gasteiger partial charge is 0.257 e. The Kier molecular flexibility index (Phi) is 6.64. The molecule has 1 N–H and O–H groups in total. The average molecular weight is 508 g/mol. The van der Waals surface area contributed by atoms with Gasteiger partial charge in [-0.1, -0.05) is 75.2 Å². The summed E-state index contributed by atoms with van der Waals surface area (Å²) < 4.78 is 0. The number of carbonyl (C=O) groups excluding carboxylic acids is 1. The number of rotatable bonds is 5. The number of pyridine rings is 1. The Morgan fingerprint density at radius 3 is 2.59 bits per heavy atom. The van der Waals surface area contributed by atoms with E-state index >= 15 is 0 Å². The molecule has 0 saturated heterocycles. The number of aryl methyl sites for hydroxylation is 1. The number of fused-ring (bicyclic) bond motifs is 2. The largest absolute Gasteiger partial charge is 0.312 e. The molecule has 1 aliphatic carbocycles. The Labute approximate surface area is 223 Å². The van der Waals surface area contributed by atoms with Gasteiger partial charge in [0.25, 0.3) is 5.91 Å². The number of nitrogens with one attached hydrogen (secondary N) is 1. The number of aromatic nitrogens is 1. The summed E-state index contributed by atoms with van der Waals surface area (Å²) in [6, 6.07) is 18.4. The summed E-state index contributed by atoms with van der Waals surface area (Å²) in [5.74, 6) is 0.396. The Morgan fingerprint density at radius 1 is 1.16 bits per heavy atom. The molecule has 1 amide bonds. The molecule has 1 aliphatic rings. The van der Waals surface area contributed by atoms with Crippen LogP contribution < -0.4 is 5.32 Å². The van der Waals surface area contributed by atoms with E-state index in [1.54, 1.807) is 11.3 Å². The third kappa shape index (κ3) is 4.55. The van der Waals surface area contributed by atoms with Gasteiger partial charge in [0.1, 0.15) is 11.1 Å². The van der Waals surface area contributed by atoms with Crippen molar-refractivity contribution in [2.24, 2.45) is 11.3 Å². The average Bonchev–Trinajstić information content (AvgIpc) is 3.24. The molecule has 0 saturated carbocycles. The molecule has 5 heteroatoms. The molecule has 0 aliphatic heterocycles. The van der Waals surface area contributed by atoms with Crippen LogP contribution in [-0.4, -0.2) is 10.9 Å². The summed E-state index contributed by atoms with van der Waals surface area (Å²) in [6.07, 6.45) is 4.08. The van der Waals surface area contributed by atoms with Crippen molar-refractivity contribution in [2.45, 2.75) is 60.3 Å². The van der Waals surface area contributed by atoms with Crippen molar-refractivity contribution in [3.8, 4) is 17.3 Å². The molecule has 188 valence electrons. The molecule has 1 atom stereocenters. The molecule has 0 fully saturated rings. The van der Waals surface area contributed by atoms with Gasteiger partial charge >= 0.3 is 0 Å². The Morgan fingerprint density at radius 2 is 1.89 bits per heavy atom. The lowest BCUT2D eigenvalue weighted by Gasteiger charge is -2.36. The third-order valence-electron chi connectivity index (χ3n) is 8.31. The summed E-state index contributed by atoms with van der Waals surface area (Å²) >= 11 is 1.58. The van der Waals surface area contributed by atoms with Crippen LogP contribution in [-0.2, 0) is 12.8 Å². The minimum Gasteiger partial charge on any atom is -0.312 e. The van der Waals surface area contributed by atoms with E-state index in [9.17, 15) is 10.1 Å². The summed E-state index contributed by atoms with van der Waals surface area (Å²) in [5.41, 5.74) is 7.22. The van der Waals surface area contributed by atoms with E-state index in [1.807, 2.05) is 31.2 Å². The van der Waals surface area contributed by atoms with E-state index in [-0.39, 0.29) is 11.3 Å². The minimum atomic E-state index is -0.190. The number of thiophene rings is 1. The maximum absolute atomic E-state index is 13.9. The number of hydrogen-bond donors (Lipinski definition) is 1. The number of nitrogens with zero attached hydrogens (tertiary/aromatic N) is 2. The molecule has 0 radical (unpaired) electrons. The number of para-hydroxylation sites is 1. The summed E-state index contributed by atoms with van der Waals surface area (Å²) in [7, 11) is 0. The monoisotopic (exact) mass is 507 g/mol. The lowest BCUT2D eigenvalue weighted by atomic mass is 9.69. The molecule has 37 heavy (non-hydrogen) atoms. The SMILES string of the molecule is CCC(C)(C)C1CCc2c(sc(NC(=O)c3c(C)c(-c4ccc(C)cc4)nc4ccccc34)c2C#N)C1. The summed E-state index contributed by atoms with van der Waals surface area (Å²) in [5, 5.41) is 14.7. The van der Waals surface area contributed by atoms with E-state index in [1.165, 1.54) is 10.4 Å². The van der Waals surface area contributed by atoms with Crippen molar-refractivity contribution >= 4 is 33.1 Å². The minimum absolute atomic E-state index is 0.190. The number of hydrogen-bond acceptors (Lipinski definition) is 4. The van der Waals surface area contributed by atoms with Crippen LogP contribution in [0.25, 0.3) is 22.2 Å². The van der Waals surface area contributed by atoms with E-state index in [0.717, 1.165) is 59.0 Å². The van der Waals surface area contributed by atoms with Gasteiger partial charge in [0.2, 0.25) is 0 Å². The topological polar surface area (TPSA) is 65.8 Å². The number of nitriles is 1. The van der Waals surface area contributed by atoms with Gasteiger partial charge in [-0.2, -0.15) is 5.26 Å². The third-order valence-corrected chi connectivity index (χ3v) is 9.48. The zero-order valence-corrected chi connectivity index (χ0v) is 23.1. The molecule has 0 spiro atoms. The fourth-order valence-electron chi connectivity index (χ4n) is 5.51. The molecule has 0 bridgehead atoms. The van der Waals surface area contributed by atoms with Gasteiger partial charge in [-0.25, -0.2) is 4.98 Å². The van der Waals surface area contributed by atoms with Crippen molar-refractivity contribution in [3.05, 3.63) is 81.2 Å². The normalized spacial score (nSPS) is 15.3. The zero-order valence-electron chi connectivity index (χ0n) is 22.2. The number of benzene rings is 2. The molecule has 1 unspecified atom stereocenters. The first-order valence-electron chi connectivity index (χ1n) is 13.1. The maximum Gasteiger partial charge on any atom is 0.257 e. The lowest BCUT2D eigenvalue weighted by Crippen LogP contribution is -2.28. The fourth-order valence-corrected chi connectivity index (χ4v) is 6.78. The fraction of sp³-hybridized carbons (Fsp3) is 0.344. The van der Waals surface area contributed by atoms with Crippen molar-refractivity contribution < 1.29 is 4.79 Å². The number of carbonyl (C=O) groups is 1. The molecule has 4 aromatic rings. The van der Waals surface area contributed by atoms with Gasteiger partial charge in [-0.3, -0.25) is 4.79 Å². The second-order valence-corrected chi connectivity index (χ2v) is 12.0. The van der Waals surface area contributed by atoms with Gasteiger partial charge < -0.3 is 5.32 Å². The molecule has 4 nitrogen and oxygen atoms in total. The summed E-state index contributed by atoms with van der Waals surface area (Å²) in [4.78, 5) is 20.1. The van der Waals surface area contributed by atoms with E-state index in [4.69, 9.17) is 4.98 Å². The van der Waals surface area contributed by atoms with Gasteiger partial charge in [0, 0.05) is 15.8 Å². The number of anilines is 1. The van der Waals surface area contributed by atoms with Crippen LogP contribution in [0, 0.1) is 36.5 Å². The van der Waals surface area contributed by atoms with Crippen molar-refractivity contribution in [2.75, 3.05) is 5.32 Å². The van der Waals surface area contributed by atoms with Gasteiger partial charge in [0.05, 0.1) is 22.3 Å². The van der Waals surface area contributed by atoms with E-state index in [2.05, 4.69) is 63.3 Å². The standard InChI is InChI=1S/C32H33N3OS/c1-6-32(4,5)22-15-16-23-25(18-33)31(37-27(23)17-22)35-30(36)28-20(3)29(21-13-11-19(2)12-14-21)34-26-10-8-7-9-24(26)28/h7-14,22H,6,15-17H2,1-5H3,(H,35,36). The highest BCUT2D eigenvalue weighted by Crippen LogP contribution is 2.45. The van der Waals surface area contributed by atoms with Crippen LogP contribution >= 0.6 is 11.3 Å². The van der Waals surface area contributed by atoms with Crippen LogP contribution in [0.1, 0.15) is 71.1 Å². The van der Waals surface area contributed by atoms with Crippen LogP contribution in [0.4, 0.5) is 5.00 Å². The summed E-state index contributed by atoms with van der Waals surface area (Å²) in [6.45, 7) is 11.0. The number of amides is 1. The highest BCUT2D eigenvalue weighted by molar-refractivity contribution is 7.16. The Balaban J connectivity index is 1.55. The Bertz CT molecular complexity index is 1540. The van der Waals surface area contributed by atoms with Gasteiger partial charge in [-0.15, -0.1) is 11.3 Å². The van der Waals surface area contributed by atoms with Crippen molar-refractivity contribution in [3.63, 3.8) is 0 Å². The predicted octanol–water partition coefficient (Wildman–Crippen LogP) is 8.25. The lowest BCUT2D eigenvalue weighted by molar-refractivity contribution is 0.102. The first-order chi connectivity index (χ1) is 17.7. The van der Waals surface area contributed by atoms with Crippen LogP contribution in [0.3, 0.4) is 0 Å². The molecular formula is C32H33N3OS.